The summed E-state index contributed by atoms with van der Waals surface area (Å²) in [5.41, 5.74) is 0. The van der Waals surface area contributed by atoms with Crippen LogP contribution in [0.2, 0.25) is 0 Å². The van der Waals surface area contributed by atoms with Crippen LogP contribution in [0, 0.1) is 0 Å². The molecule has 1 aliphatic heterocycles. The molecular weight excluding hydrogens is 200 g/mol. The first-order chi connectivity index (χ1) is 6.50. The summed E-state index contributed by atoms with van der Waals surface area (Å²) in [7, 11) is -1.30. The highest BCUT2D eigenvalue weighted by Gasteiger charge is 2.34. The second-order valence-corrected chi connectivity index (χ2v) is 6.32. The van der Waals surface area contributed by atoms with E-state index in [0.717, 1.165) is 12.8 Å². The number of hydrogen-bond acceptors (Lipinski definition) is 3. The van der Waals surface area contributed by atoms with Crippen molar-refractivity contribution in [2.75, 3.05) is 20.1 Å². The third-order valence-electron chi connectivity index (χ3n) is 2.82. The molecular formula is C9H20N2O2S. The van der Waals surface area contributed by atoms with Crippen LogP contribution in [-0.4, -0.2) is 44.2 Å². The second kappa shape index (κ2) is 4.59. The minimum Gasteiger partial charge on any atom is -0.318 e. The fourth-order valence-electron chi connectivity index (χ4n) is 1.91. The van der Waals surface area contributed by atoms with Gasteiger partial charge in [0.2, 0.25) is 10.0 Å². The van der Waals surface area contributed by atoms with E-state index in [1.165, 1.54) is 0 Å². The van der Waals surface area contributed by atoms with E-state index >= 15 is 0 Å². The van der Waals surface area contributed by atoms with Crippen molar-refractivity contribution in [3.05, 3.63) is 0 Å². The van der Waals surface area contributed by atoms with E-state index in [4.69, 9.17) is 0 Å². The molecule has 0 radical (unpaired) electrons. The van der Waals surface area contributed by atoms with Gasteiger partial charge in [-0.25, -0.2) is 8.42 Å². The van der Waals surface area contributed by atoms with E-state index in [1.807, 2.05) is 6.92 Å². The van der Waals surface area contributed by atoms with E-state index in [9.17, 15) is 8.42 Å². The normalized spacial score (nSPS) is 26.6. The number of sulfonamides is 1. The van der Waals surface area contributed by atoms with Gasteiger partial charge in [-0.1, -0.05) is 0 Å². The Balaban J connectivity index is 2.73. The molecule has 0 bridgehead atoms. The summed E-state index contributed by atoms with van der Waals surface area (Å²) in [4.78, 5) is 0. The first-order valence-corrected chi connectivity index (χ1v) is 6.65. The predicted molar refractivity (Wildman–Crippen MR) is 57.7 cm³/mol. The molecule has 1 N–H and O–H groups in total. The van der Waals surface area contributed by atoms with E-state index in [1.54, 1.807) is 18.3 Å². The van der Waals surface area contributed by atoms with Crippen LogP contribution in [0.3, 0.4) is 0 Å². The minimum atomic E-state index is -3.08. The summed E-state index contributed by atoms with van der Waals surface area (Å²) in [6.45, 7) is 4.95. The maximum Gasteiger partial charge on any atom is 0.218 e. The van der Waals surface area contributed by atoms with Gasteiger partial charge in [-0.15, -0.1) is 0 Å². The lowest BCUT2D eigenvalue weighted by molar-refractivity contribution is 0.401. The standard InChI is InChI=1S/C9H20N2O2S/c1-8-5-4-6-11(8)14(12,13)9(2)7-10-3/h8-10H,4-7H2,1-3H3. The third-order valence-corrected chi connectivity index (χ3v) is 5.20. The fraction of sp³-hybridized carbons (Fsp3) is 1.00. The molecule has 0 aliphatic carbocycles. The summed E-state index contributed by atoms with van der Waals surface area (Å²) in [6, 6.07) is 0.180. The average molecular weight is 220 g/mol. The Bertz CT molecular complexity index is 277. The summed E-state index contributed by atoms with van der Waals surface area (Å²) >= 11 is 0. The van der Waals surface area contributed by atoms with E-state index < -0.39 is 10.0 Å². The molecule has 4 nitrogen and oxygen atoms in total. The average Bonchev–Trinajstić information content (AvgIpc) is 2.52. The first kappa shape index (κ1) is 11.9. The Labute approximate surface area is 86.7 Å². The zero-order chi connectivity index (χ0) is 10.8. The van der Waals surface area contributed by atoms with Crippen LogP contribution in [0.4, 0.5) is 0 Å². The van der Waals surface area contributed by atoms with Crippen LogP contribution in [0.5, 0.6) is 0 Å². The maximum absolute atomic E-state index is 12.0. The van der Waals surface area contributed by atoms with Gasteiger partial charge in [-0.3, -0.25) is 0 Å². The van der Waals surface area contributed by atoms with Crippen molar-refractivity contribution in [1.29, 1.82) is 0 Å². The van der Waals surface area contributed by atoms with Crippen LogP contribution in [0.25, 0.3) is 0 Å². The molecule has 0 saturated carbocycles. The summed E-state index contributed by atoms with van der Waals surface area (Å²) in [5, 5.41) is 2.58. The third kappa shape index (κ3) is 2.27. The Hall–Kier alpha value is -0.130. The smallest absolute Gasteiger partial charge is 0.218 e. The highest BCUT2D eigenvalue weighted by molar-refractivity contribution is 7.89. The first-order valence-electron chi connectivity index (χ1n) is 5.15. The Morgan fingerprint density at radius 1 is 1.57 bits per heavy atom. The fourth-order valence-corrected chi connectivity index (χ4v) is 3.74. The molecule has 0 spiro atoms. The molecule has 0 aromatic rings. The molecule has 0 amide bonds. The molecule has 1 saturated heterocycles. The number of rotatable bonds is 4. The molecule has 5 heteroatoms. The van der Waals surface area contributed by atoms with Crippen LogP contribution >= 0.6 is 0 Å². The lowest BCUT2D eigenvalue weighted by atomic mass is 10.3. The van der Waals surface area contributed by atoms with Gasteiger partial charge in [0.25, 0.3) is 0 Å². The van der Waals surface area contributed by atoms with Crippen LogP contribution in [0.15, 0.2) is 0 Å². The molecule has 1 aliphatic rings. The SMILES string of the molecule is CNCC(C)S(=O)(=O)N1CCCC1C. The highest BCUT2D eigenvalue weighted by atomic mass is 32.2. The van der Waals surface area contributed by atoms with Gasteiger partial charge in [0, 0.05) is 19.1 Å². The summed E-state index contributed by atoms with van der Waals surface area (Å²) in [6.07, 6.45) is 1.98. The van der Waals surface area contributed by atoms with Gasteiger partial charge in [-0.05, 0) is 33.7 Å². The molecule has 1 rings (SSSR count). The Kier molecular flexibility index (Phi) is 3.92. The molecule has 84 valence electrons. The molecule has 1 heterocycles. The molecule has 0 aromatic carbocycles. The van der Waals surface area contributed by atoms with Gasteiger partial charge >= 0.3 is 0 Å². The van der Waals surface area contributed by atoms with Crippen molar-refractivity contribution in [3.63, 3.8) is 0 Å². The predicted octanol–water partition coefficient (Wildman–Crippen LogP) is 0.408. The highest BCUT2D eigenvalue weighted by Crippen LogP contribution is 2.22. The van der Waals surface area contributed by atoms with E-state index in [0.29, 0.717) is 13.1 Å². The molecule has 14 heavy (non-hydrogen) atoms. The zero-order valence-electron chi connectivity index (χ0n) is 9.16. The van der Waals surface area contributed by atoms with Crippen molar-refractivity contribution in [2.45, 2.75) is 38.0 Å². The van der Waals surface area contributed by atoms with Crippen molar-refractivity contribution in [3.8, 4) is 0 Å². The van der Waals surface area contributed by atoms with Crippen LogP contribution in [0.1, 0.15) is 26.7 Å². The maximum atomic E-state index is 12.0. The number of nitrogens with zero attached hydrogens (tertiary/aromatic N) is 1. The van der Waals surface area contributed by atoms with Gasteiger partial charge < -0.3 is 5.32 Å². The quantitative estimate of drug-likeness (QED) is 0.746. The van der Waals surface area contributed by atoms with Crippen molar-refractivity contribution in [2.24, 2.45) is 0 Å². The van der Waals surface area contributed by atoms with Gasteiger partial charge in [0.1, 0.15) is 0 Å². The van der Waals surface area contributed by atoms with Crippen molar-refractivity contribution < 1.29 is 8.42 Å². The van der Waals surface area contributed by atoms with Crippen molar-refractivity contribution >= 4 is 10.0 Å². The zero-order valence-corrected chi connectivity index (χ0v) is 9.97. The van der Waals surface area contributed by atoms with Crippen molar-refractivity contribution in [1.82, 2.24) is 9.62 Å². The molecule has 2 unspecified atom stereocenters. The summed E-state index contributed by atoms with van der Waals surface area (Å²) < 4.78 is 25.7. The van der Waals surface area contributed by atoms with E-state index in [-0.39, 0.29) is 11.3 Å². The molecule has 1 fully saturated rings. The number of hydrogen-bond donors (Lipinski definition) is 1. The van der Waals surface area contributed by atoms with Gasteiger partial charge in [0.15, 0.2) is 0 Å². The van der Waals surface area contributed by atoms with Gasteiger partial charge in [-0.2, -0.15) is 4.31 Å². The molecule has 0 aromatic heterocycles. The largest absolute Gasteiger partial charge is 0.318 e. The van der Waals surface area contributed by atoms with Gasteiger partial charge in [0.05, 0.1) is 5.25 Å². The lowest BCUT2D eigenvalue weighted by Gasteiger charge is -2.24. The Morgan fingerprint density at radius 3 is 2.64 bits per heavy atom. The van der Waals surface area contributed by atoms with Crippen LogP contribution in [-0.2, 0) is 10.0 Å². The Morgan fingerprint density at radius 2 is 2.21 bits per heavy atom. The van der Waals surface area contributed by atoms with E-state index in [2.05, 4.69) is 5.32 Å². The summed E-state index contributed by atoms with van der Waals surface area (Å²) in [5.74, 6) is 0. The second-order valence-electron chi connectivity index (χ2n) is 4.02. The number of nitrogens with one attached hydrogen (secondary N) is 1. The van der Waals surface area contributed by atoms with Crippen LogP contribution < -0.4 is 5.32 Å². The minimum absolute atomic E-state index is 0.180. The lowest BCUT2D eigenvalue weighted by Crippen LogP contribution is -2.42. The topological polar surface area (TPSA) is 49.4 Å². The molecule has 2 atom stereocenters. The monoisotopic (exact) mass is 220 g/mol.